The number of nitrogens with one attached hydrogen (secondary N) is 2. The number of thiazole rings is 1. The zero-order chi connectivity index (χ0) is 35.2. The van der Waals surface area contributed by atoms with Gasteiger partial charge < -0.3 is 30.3 Å². The third-order valence-electron chi connectivity index (χ3n) is 8.49. The van der Waals surface area contributed by atoms with Crippen LogP contribution < -0.4 is 10.6 Å². The standard InChI is InChI=1S/C34H50N6O6S2/c1-22-28(47-21-36-22)25-10-8-24(9-11-25)19-35-30(43)27-18-26(42)20-40(27)31(44)29(37-23(2)41)34(6,7)48-17-16-38-12-14-39(15-13-38)32(45)46-33(3,4)5/h8-11,21,26-27,29,42H,12-20H2,1-7H3,(H,35,43)(H,37,41)/t26-,27+,29-/m1/s1. The van der Waals surface area contributed by atoms with E-state index in [2.05, 4.69) is 20.5 Å². The highest BCUT2D eigenvalue weighted by Gasteiger charge is 2.45. The number of aromatic nitrogens is 1. The molecule has 14 heteroatoms. The molecule has 2 aliphatic rings. The molecular weight excluding hydrogens is 653 g/mol. The number of likely N-dealkylation sites (tertiary alicyclic amines) is 1. The van der Waals surface area contributed by atoms with Gasteiger partial charge in [0.05, 0.1) is 22.2 Å². The number of carbonyl (C=O) groups excluding carboxylic acids is 4. The summed E-state index contributed by atoms with van der Waals surface area (Å²) < 4.78 is 4.78. The lowest BCUT2D eigenvalue weighted by Gasteiger charge is -2.38. The average molecular weight is 703 g/mol. The molecule has 264 valence electrons. The van der Waals surface area contributed by atoms with Crippen LogP contribution in [0.25, 0.3) is 10.4 Å². The fourth-order valence-corrected chi connectivity index (χ4v) is 7.88. The second-order valence-corrected chi connectivity index (χ2v) is 16.6. The lowest BCUT2D eigenvalue weighted by molar-refractivity contribution is -0.142. The molecule has 3 N–H and O–H groups in total. The predicted molar refractivity (Wildman–Crippen MR) is 189 cm³/mol. The Morgan fingerprint density at radius 1 is 1.08 bits per heavy atom. The highest BCUT2D eigenvalue weighted by molar-refractivity contribution is 8.00. The van der Waals surface area contributed by atoms with E-state index in [0.717, 1.165) is 28.2 Å². The van der Waals surface area contributed by atoms with Crippen molar-refractivity contribution in [1.82, 2.24) is 30.3 Å². The number of ether oxygens (including phenoxy) is 1. The number of hydrogen-bond donors (Lipinski definition) is 3. The highest BCUT2D eigenvalue weighted by Crippen LogP contribution is 2.32. The second-order valence-electron chi connectivity index (χ2n) is 14.0. The number of rotatable bonds is 11. The van der Waals surface area contributed by atoms with Crippen molar-refractivity contribution in [1.29, 1.82) is 0 Å². The van der Waals surface area contributed by atoms with Crippen molar-refractivity contribution in [2.75, 3.05) is 45.0 Å². The van der Waals surface area contributed by atoms with Crippen molar-refractivity contribution in [3.63, 3.8) is 0 Å². The molecule has 12 nitrogen and oxygen atoms in total. The van der Waals surface area contributed by atoms with Crippen LogP contribution in [0.2, 0.25) is 0 Å². The Balaban J connectivity index is 1.33. The van der Waals surface area contributed by atoms with E-state index in [1.807, 2.05) is 71.3 Å². The molecular formula is C34H50N6O6S2. The lowest BCUT2D eigenvalue weighted by Crippen LogP contribution is -2.59. The Kier molecular flexibility index (Phi) is 12.5. The fourth-order valence-electron chi connectivity index (χ4n) is 5.87. The van der Waals surface area contributed by atoms with Crippen LogP contribution in [0.5, 0.6) is 0 Å². The van der Waals surface area contributed by atoms with Gasteiger partial charge in [0, 0.05) is 69.7 Å². The number of carbonyl (C=O) groups is 4. The first-order valence-corrected chi connectivity index (χ1v) is 18.3. The lowest BCUT2D eigenvalue weighted by atomic mass is 10.0. The summed E-state index contributed by atoms with van der Waals surface area (Å²) in [6.45, 7) is 16.3. The third kappa shape index (κ3) is 10.2. The van der Waals surface area contributed by atoms with E-state index in [4.69, 9.17) is 4.74 Å². The average Bonchev–Trinajstić information content (AvgIpc) is 3.63. The topological polar surface area (TPSA) is 144 Å². The Labute approximate surface area is 292 Å². The summed E-state index contributed by atoms with van der Waals surface area (Å²) in [6, 6.07) is 6.14. The van der Waals surface area contributed by atoms with Gasteiger partial charge in [-0.2, -0.15) is 11.8 Å². The van der Waals surface area contributed by atoms with Crippen LogP contribution in [0.1, 0.15) is 59.2 Å². The molecule has 48 heavy (non-hydrogen) atoms. The molecule has 0 spiro atoms. The van der Waals surface area contributed by atoms with E-state index >= 15 is 0 Å². The zero-order valence-electron chi connectivity index (χ0n) is 29.1. The van der Waals surface area contributed by atoms with Crippen LogP contribution in [0, 0.1) is 6.92 Å². The van der Waals surface area contributed by atoms with Crippen molar-refractivity contribution in [2.24, 2.45) is 0 Å². The smallest absolute Gasteiger partial charge is 0.410 e. The van der Waals surface area contributed by atoms with Crippen LogP contribution in [0.15, 0.2) is 29.8 Å². The first-order chi connectivity index (χ1) is 22.5. The summed E-state index contributed by atoms with van der Waals surface area (Å²) in [6.07, 6.45) is -1.03. The van der Waals surface area contributed by atoms with Crippen molar-refractivity contribution in [2.45, 2.75) is 90.0 Å². The fraction of sp³-hybridized carbons (Fsp3) is 0.618. The number of β-amino-alcohol motifs (C(OH)–C–C–N with tert-alkyl or cyclic N) is 1. The Morgan fingerprint density at radius 3 is 2.33 bits per heavy atom. The normalized spacial score (nSPS) is 19.6. The Bertz CT molecular complexity index is 1430. The molecule has 0 unspecified atom stereocenters. The summed E-state index contributed by atoms with van der Waals surface area (Å²) in [7, 11) is 0. The maximum Gasteiger partial charge on any atom is 0.410 e. The van der Waals surface area contributed by atoms with Crippen LogP contribution >= 0.6 is 23.1 Å². The molecule has 2 saturated heterocycles. The van der Waals surface area contributed by atoms with Crippen molar-refractivity contribution >= 4 is 46.9 Å². The summed E-state index contributed by atoms with van der Waals surface area (Å²) in [5.41, 5.74) is 4.22. The number of piperazine rings is 1. The van der Waals surface area contributed by atoms with E-state index in [1.165, 1.54) is 11.8 Å². The second kappa shape index (κ2) is 16.0. The monoisotopic (exact) mass is 702 g/mol. The van der Waals surface area contributed by atoms with Gasteiger partial charge in [-0.25, -0.2) is 9.78 Å². The van der Waals surface area contributed by atoms with Crippen molar-refractivity contribution < 1.29 is 29.0 Å². The van der Waals surface area contributed by atoms with Gasteiger partial charge in [0.15, 0.2) is 0 Å². The van der Waals surface area contributed by atoms with E-state index in [1.54, 1.807) is 28.0 Å². The molecule has 4 amide bonds. The van der Waals surface area contributed by atoms with Crippen LogP contribution in [0.4, 0.5) is 4.79 Å². The van der Waals surface area contributed by atoms with Gasteiger partial charge in [0.2, 0.25) is 17.7 Å². The SMILES string of the molecule is CC(=O)N[C@H](C(=O)N1C[C@H](O)C[C@H]1C(=O)NCc1ccc(-c2scnc2C)cc1)C(C)(C)SCCN1CCN(C(=O)OC(C)(C)C)CC1. The summed E-state index contributed by atoms with van der Waals surface area (Å²) in [5.74, 6) is -0.399. The first kappa shape index (κ1) is 37.6. The van der Waals surface area contributed by atoms with Gasteiger partial charge in [-0.1, -0.05) is 24.3 Å². The van der Waals surface area contributed by atoms with Gasteiger partial charge in [-0.3, -0.25) is 19.3 Å². The number of aliphatic hydroxyl groups excluding tert-OH is 1. The zero-order valence-corrected chi connectivity index (χ0v) is 30.7. The van der Waals surface area contributed by atoms with Crippen LogP contribution in [0.3, 0.4) is 0 Å². The summed E-state index contributed by atoms with van der Waals surface area (Å²) in [4.78, 5) is 63.0. The molecule has 2 fully saturated rings. The van der Waals surface area contributed by atoms with Gasteiger partial charge in [0.25, 0.3) is 0 Å². The molecule has 0 radical (unpaired) electrons. The molecule has 3 atom stereocenters. The van der Waals surface area contributed by atoms with Gasteiger partial charge in [-0.05, 0) is 52.7 Å². The molecule has 1 aromatic carbocycles. The number of aryl methyl sites for hydroxylation is 1. The highest BCUT2D eigenvalue weighted by atomic mass is 32.2. The number of benzene rings is 1. The van der Waals surface area contributed by atoms with E-state index in [9.17, 15) is 24.3 Å². The van der Waals surface area contributed by atoms with Gasteiger partial charge in [-0.15, -0.1) is 11.3 Å². The largest absolute Gasteiger partial charge is 0.444 e. The van der Waals surface area contributed by atoms with Gasteiger partial charge in [0.1, 0.15) is 17.7 Å². The summed E-state index contributed by atoms with van der Waals surface area (Å²) in [5, 5.41) is 16.3. The number of hydrogen-bond acceptors (Lipinski definition) is 10. The van der Waals surface area contributed by atoms with Crippen molar-refractivity contribution in [3.05, 3.63) is 41.0 Å². The number of amides is 4. The molecule has 4 rings (SSSR count). The molecule has 0 bridgehead atoms. The van der Waals surface area contributed by atoms with Gasteiger partial charge >= 0.3 is 6.09 Å². The predicted octanol–water partition coefficient (Wildman–Crippen LogP) is 3.27. The number of aliphatic hydroxyl groups is 1. The van der Waals surface area contributed by atoms with E-state index < -0.39 is 34.4 Å². The minimum Gasteiger partial charge on any atom is -0.444 e. The Hall–Kier alpha value is -3.20. The molecule has 1 aromatic heterocycles. The number of nitrogens with zero attached hydrogens (tertiary/aromatic N) is 4. The minimum absolute atomic E-state index is 0.0125. The first-order valence-electron chi connectivity index (χ1n) is 16.4. The number of thioether (sulfide) groups is 1. The van der Waals surface area contributed by atoms with Crippen molar-refractivity contribution in [3.8, 4) is 10.4 Å². The molecule has 2 aromatic rings. The van der Waals surface area contributed by atoms with Crippen LogP contribution in [-0.4, -0.2) is 122 Å². The molecule has 0 aliphatic carbocycles. The summed E-state index contributed by atoms with van der Waals surface area (Å²) >= 11 is 3.15. The molecule has 3 heterocycles. The molecule has 2 aliphatic heterocycles. The maximum atomic E-state index is 14.0. The van der Waals surface area contributed by atoms with E-state index in [-0.39, 0.29) is 37.4 Å². The Morgan fingerprint density at radius 2 is 1.75 bits per heavy atom. The quantitative estimate of drug-likeness (QED) is 0.322. The molecule has 0 saturated carbocycles. The minimum atomic E-state index is -0.910. The maximum absolute atomic E-state index is 14.0. The third-order valence-corrected chi connectivity index (χ3v) is 10.8. The van der Waals surface area contributed by atoms with Crippen LogP contribution in [-0.2, 0) is 25.7 Å². The van der Waals surface area contributed by atoms with E-state index in [0.29, 0.717) is 31.9 Å².